The van der Waals surface area contributed by atoms with Crippen molar-refractivity contribution >= 4 is 75.5 Å². The predicted molar refractivity (Wildman–Crippen MR) is 229 cm³/mol. The number of hydrogen-bond donors (Lipinski definition) is 0. The van der Waals surface area contributed by atoms with Gasteiger partial charge in [0.05, 0.1) is 5.52 Å². The van der Waals surface area contributed by atoms with Gasteiger partial charge in [0.1, 0.15) is 0 Å². The summed E-state index contributed by atoms with van der Waals surface area (Å²) in [5.41, 5.74) is 10.0. The van der Waals surface area contributed by atoms with Gasteiger partial charge in [-0.05, 0) is 155 Å². The molecule has 0 spiro atoms. The Hall–Kier alpha value is -6.70. The first-order chi connectivity index (χ1) is 26.1. The van der Waals surface area contributed by atoms with Gasteiger partial charge in [-0.1, -0.05) is 127 Å². The SMILES string of the molecule is Cc1c(C)n(-c2ccc3cc4ccccc4cc3c2)c2cc3c(-c4ccc5ccccc5c4)c4ccccc4c(-c4ccc5ccccc5c4)c3cc12. The molecule has 1 heterocycles. The van der Waals surface area contributed by atoms with Crippen molar-refractivity contribution in [3.8, 4) is 27.9 Å². The maximum absolute atomic E-state index is 2.49. The van der Waals surface area contributed by atoms with E-state index in [0.29, 0.717) is 0 Å². The minimum atomic E-state index is 1.19. The average Bonchev–Trinajstić information content (AvgIpc) is 3.45. The molecule has 1 aromatic heterocycles. The Morgan fingerprint density at radius 3 is 1.36 bits per heavy atom. The van der Waals surface area contributed by atoms with Gasteiger partial charge in [0.25, 0.3) is 0 Å². The Labute approximate surface area is 308 Å². The molecule has 248 valence electrons. The molecule has 0 atom stereocenters. The summed E-state index contributed by atoms with van der Waals surface area (Å²) in [6, 6.07) is 65.5. The molecule has 10 aromatic carbocycles. The Morgan fingerprint density at radius 1 is 0.321 bits per heavy atom. The third-order valence-electron chi connectivity index (χ3n) is 11.7. The van der Waals surface area contributed by atoms with Crippen LogP contribution in [0, 0.1) is 13.8 Å². The molecule has 1 nitrogen and oxygen atoms in total. The number of benzene rings is 10. The third-order valence-corrected chi connectivity index (χ3v) is 11.7. The van der Waals surface area contributed by atoms with Crippen molar-refractivity contribution in [1.82, 2.24) is 4.57 Å². The summed E-state index contributed by atoms with van der Waals surface area (Å²) in [4.78, 5) is 0. The minimum Gasteiger partial charge on any atom is -0.314 e. The van der Waals surface area contributed by atoms with Gasteiger partial charge in [-0.2, -0.15) is 0 Å². The number of rotatable bonds is 3. The molecule has 11 aromatic rings. The quantitative estimate of drug-likeness (QED) is 0.165. The number of nitrogens with zero attached hydrogens (tertiary/aromatic N) is 1. The molecule has 0 saturated carbocycles. The van der Waals surface area contributed by atoms with Gasteiger partial charge >= 0.3 is 0 Å². The van der Waals surface area contributed by atoms with Crippen LogP contribution in [0.1, 0.15) is 11.3 Å². The molecule has 0 saturated heterocycles. The van der Waals surface area contributed by atoms with E-state index in [-0.39, 0.29) is 0 Å². The maximum atomic E-state index is 2.49. The van der Waals surface area contributed by atoms with Gasteiger partial charge in [-0.15, -0.1) is 0 Å². The summed E-state index contributed by atoms with van der Waals surface area (Å²) >= 11 is 0. The highest BCUT2D eigenvalue weighted by Gasteiger charge is 2.21. The Kier molecular flexibility index (Phi) is 6.45. The molecule has 0 amide bonds. The van der Waals surface area contributed by atoms with Gasteiger partial charge in [0, 0.05) is 16.8 Å². The van der Waals surface area contributed by atoms with Crippen molar-refractivity contribution in [2.45, 2.75) is 13.8 Å². The van der Waals surface area contributed by atoms with Gasteiger partial charge < -0.3 is 4.57 Å². The number of hydrogen-bond acceptors (Lipinski definition) is 0. The molecular weight excluding hydrogens is 639 g/mol. The smallest absolute Gasteiger partial charge is 0.0540 e. The highest BCUT2D eigenvalue weighted by atomic mass is 15.0. The van der Waals surface area contributed by atoms with Gasteiger partial charge in [-0.3, -0.25) is 0 Å². The highest BCUT2D eigenvalue weighted by Crippen LogP contribution is 2.47. The standard InChI is InChI=1S/C52H35N/c1-32-33(2)53(44-24-23-40-25-38-15-7-8-16-39(38)28-43(40)29-44)50-31-49-48(30-47(32)50)51(41-21-19-34-11-3-5-13-36(34)26-41)45-17-9-10-18-46(45)52(49)42-22-20-35-12-4-6-14-37(35)27-42/h3-31H,1-2H3. The summed E-state index contributed by atoms with van der Waals surface area (Å²) in [6.07, 6.45) is 0. The topological polar surface area (TPSA) is 4.93 Å². The zero-order chi connectivity index (χ0) is 35.2. The maximum Gasteiger partial charge on any atom is 0.0540 e. The van der Waals surface area contributed by atoms with Crippen LogP contribution in [0.3, 0.4) is 0 Å². The highest BCUT2D eigenvalue weighted by molar-refractivity contribution is 6.24. The zero-order valence-corrected chi connectivity index (χ0v) is 29.7. The van der Waals surface area contributed by atoms with Crippen LogP contribution >= 0.6 is 0 Å². The predicted octanol–water partition coefficient (Wildman–Crippen LogP) is 14.5. The van der Waals surface area contributed by atoms with E-state index < -0.39 is 0 Å². The van der Waals surface area contributed by atoms with Crippen LogP contribution in [-0.4, -0.2) is 4.57 Å². The number of aryl methyl sites for hydroxylation is 1. The number of fused-ring (bicyclic) bond motifs is 7. The fraction of sp³-hybridized carbons (Fsp3) is 0.0385. The molecule has 53 heavy (non-hydrogen) atoms. The van der Waals surface area contributed by atoms with E-state index >= 15 is 0 Å². The summed E-state index contributed by atoms with van der Waals surface area (Å²) in [7, 11) is 0. The second kappa shape index (κ2) is 11.4. The van der Waals surface area contributed by atoms with Gasteiger partial charge in [0.2, 0.25) is 0 Å². The number of aromatic nitrogens is 1. The fourth-order valence-corrected chi connectivity index (χ4v) is 8.95. The first kappa shape index (κ1) is 30.0. The van der Waals surface area contributed by atoms with Crippen LogP contribution in [0.15, 0.2) is 176 Å². The molecule has 0 fully saturated rings. The third kappa shape index (κ3) is 4.57. The Balaban J connectivity index is 1.27. The van der Waals surface area contributed by atoms with Crippen LogP contribution in [0.2, 0.25) is 0 Å². The Bertz CT molecular complexity index is 3300. The summed E-state index contributed by atoms with van der Waals surface area (Å²) in [5, 5.41) is 16.4. The van der Waals surface area contributed by atoms with E-state index in [2.05, 4.69) is 194 Å². The van der Waals surface area contributed by atoms with Crippen molar-refractivity contribution < 1.29 is 0 Å². The van der Waals surface area contributed by atoms with Crippen molar-refractivity contribution in [3.05, 3.63) is 187 Å². The molecule has 1 heteroatoms. The summed E-state index contributed by atoms with van der Waals surface area (Å²) in [5.74, 6) is 0. The van der Waals surface area contributed by atoms with Crippen molar-refractivity contribution in [3.63, 3.8) is 0 Å². The molecule has 0 N–H and O–H groups in total. The van der Waals surface area contributed by atoms with Gasteiger partial charge in [-0.25, -0.2) is 0 Å². The van der Waals surface area contributed by atoms with Crippen LogP contribution < -0.4 is 0 Å². The van der Waals surface area contributed by atoms with Crippen LogP contribution in [0.5, 0.6) is 0 Å². The van der Waals surface area contributed by atoms with Gasteiger partial charge in [0.15, 0.2) is 0 Å². The average molecular weight is 674 g/mol. The van der Waals surface area contributed by atoms with Crippen molar-refractivity contribution in [2.24, 2.45) is 0 Å². The second-order valence-corrected chi connectivity index (χ2v) is 14.6. The summed E-state index contributed by atoms with van der Waals surface area (Å²) < 4.78 is 2.48. The minimum absolute atomic E-state index is 1.19. The van der Waals surface area contributed by atoms with E-state index in [1.54, 1.807) is 0 Å². The molecule has 0 bridgehead atoms. The second-order valence-electron chi connectivity index (χ2n) is 14.6. The Morgan fingerprint density at radius 2 is 0.774 bits per heavy atom. The van der Waals surface area contributed by atoms with E-state index in [0.717, 1.165) is 0 Å². The molecule has 0 aliphatic rings. The van der Waals surface area contributed by atoms with Crippen LogP contribution in [0.4, 0.5) is 0 Å². The molecular formula is C52H35N. The monoisotopic (exact) mass is 673 g/mol. The van der Waals surface area contributed by atoms with E-state index in [9.17, 15) is 0 Å². The lowest BCUT2D eigenvalue weighted by molar-refractivity contribution is 1.04. The molecule has 0 unspecified atom stereocenters. The van der Waals surface area contributed by atoms with E-state index in [4.69, 9.17) is 0 Å². The molecule has 0 radical (unpaired) electrons. The van der Waals surface area contributed by atoms with Crippen LogP contribution in [0.25, 0.3) is 103 Å². The van der Waals surface area contributed by atoms with E-state index in [1.165, 1.54) is 115 Å². The van der Waals surface area contributed by atoms with Crippen LogP contribution in [-0.2, 0) is 0 Å². The molecule has 0 aliphatic carbocycles. The molecule has 11 rings (SSSR count). The first-order valence-corrected chi connectivity index (χ1v) is 18.5. The molecule has 0 aliphatic heterocycles. The lowest BCUT2D eigenvalue weighted by Crippen LogP contribution is -1.97. The fourth-order valence-electron chi connectivity index (χ4n) is 8.95. The summed E-state index contributed by atoms with van der Waals surface area (Å²) in [6.45, 7) is 4.56. The van der Waals surface area contributed by atoms with Crippen molar-refractivity contribution in [2.75, 3.05) is 0 Å². The normalized spacial score (nSPS) is 12.0. The lowest BCUT2D eigenvalue weighted by Gasteiger charge is -2.19. The van der Waals surface area contributed by atoms with E-state index in [1.807, 2.05) is 0 Å². The first-order valence-electron chi connectivity index (χ1n) is 18.5. The van der Waals surface area contributed by atoms with Crippen molar-refractivity contribution in [1.29, 1.82) is 0 Å². The zero-order valence-electron chi connectivity index (χ0n) is 29.7. The lowest BCUT2D eigenvalue weighted by atomic mass is 9.84. The largest absolute Gasteiger partial charge is 0.314 e.